The van der Waals surface area contributed by atoms with E-state index in [9.17, 15) is 9.59 Å². The Morgan fingerprint density at radius 1 is 1.50 bits per heavy atom. The van der Waals surface area contributed by atoms with E-state index in [1.54, 1.807) is 18.2 Å². The molecule has 1 amide bonds. The molecule has 0 fully saturated rings. The van der Waals surface area contributed by atoms with Gasteiger partial charge in [-0.2, -0.15) is 0 Å². The van der Waals surface area contributed by atoms with E-state index >= 15 is 0 Å². The zero-order valence-electron chi connectivity index (χ0n) is 9.61. The first-order valence-corrected chi connectivity index (χ1v) is 6.02. The Morgan fingerprint density at radius 3 is 2.67 bits per heavy atom. The van der Waals surface area contributed by atoms with Gasteiger partial charge in [-0.1, -0.05) is 15.9 Å². The number of amides is 1. The minimum absolute atomic E-state index is 0.00535. The Balaban J connectivity index is 2.47. The van der Waals surface area contributed by atoms with Crippen molar-refractivity contribution in [3.8, 4) is 0 Å². The van der Waals surface area contributed by atoms with E-state index in [4.69, 9.17) is 10.8 Å². The van der Waals surface area contributed by atoms with E-state index < -0.39 is 5.97 Å². The Labute approximate surface area is 112 Å². The van der Waals surface area contributed by atoms with Gasteiger partial charge in [-0.15, -0.1) is 0 Å². The van der Waals surface area contributed by atoms with Gasteiger partial charge in [-0.05, 0) is 30.7 Å². The summed E-state index contributed by atoms with van der Waals surface area (Å²) in [6, 6.07) is 5.29. The van der Waals surface area contributed by atoms with Crippen LogP contribution in [0.3, 0.4) is 0 Å². The topological polar surface area (TPSA) is 83.6 Å². The molecule has 6 heteroatoms. The third kappa shape index (κ3) is 1.99. The molecule has 1 aliphatic rings. The molecule has 3 N–H and O–H groups in total. The Kier molecular flexibility index (Phi) is 3.13. The van der Waals surface area contributed by atoms with E-state index in [0.29, 0.717) is 5.69 Å². The number of nitrogens with zero attached hydrogens (tertiary/aromatic N) is 1. The van der Waals surface area contributed by atoms with Gasteiger partial charge >= 0.3 is 5.97 Å². The van der Waals surface area contributed by atoms with Crippen LogP contribution in [0.25, 0.3) is 0 Å². The maximum absolute atomic E-state index is 11.8. The highest BCUT2D eigenvalue weighted by Crippen LogP contribution is 2.30. The van der Waals surface area contributed by atoms with Crippen molar-refractivity contribution >= 4 is 33.5 Å². The van der Waals surface area contributed by atoms with Gasteiger partial charge in [-0.3, -0.25) is 9.69 Å². The molecule has 1 aromatic rings. The number of rotatable bonds is 2. The highest BCUT2D eigenvalue weighted by molar-refractivity contribution is 9.10. The van der Waals surface area contributed by atoms with Crippen LogP contribution in [0, 0.1) is 6.92 Å². The number of hydrogen-bond acceptors (Lipinski definition) is 3. The molecule has 0 radical (unpaired) electrons. The predicted octanol–water partition coefficient (Wildman–Crippen LogP) is 1.75. The molecule has 0 atom stereocenters. The monoisotopic (exact) mass is 310 g/mol. The van der Waals surface area contributed by atoms with Gasteiger partial charge in [0, 0.05) is 4.47 Å². The lowest BCUT2D eigenvalue weighted by Gasteiger charge is -2.18. The normalized spacial score (nSPS) is 15.4. The largest absolute Gasteiger partial charge is 0.478 e. The summed E-state index contributed by atoms with van der Waals surface area (Å²) in [5.74, 6) is -1.49. The van der Waals surface area contributed by atoms with Gasteiger partial charge in [0.25, 0.3) is 0 Å². The van der Waals surface area contributed by atoms with Crippen molar-refractivity contribution < 1.29 is 14.7 Å². The molecule has 0 aromatic heterocycles. The van der Waals surface area contributed by atoms with E-state index in [1.165, 1.54) is 4.90 Å². The first kappa shape index (κ1) is 12.6. The summed E-state index contributed by atoms with van der Waals surface area (Å²) in [5.41, 5.74) is 7.19. The van der Waals surface area contributed by atoms with Crippen molar-refractivity contribution in [1.82, 2.24) is 0 Å². The fourth-order valence-corrected chi connectivity index (χ4v) is 2.07. The second kappa shape index (κ2) is 4.45. The maximum atomic E-state index is 11.8. The van der Waals surface area contributed by atoms with E-state index in [2.05, 4.69) is 15.9 Å². The molecule has 1 aliphatic heterocycles. The summed E-state index contributed by atoms with van der Waals surface area (Å²) in [6.45, 7) is 1.88. The van der Waals surface area contributed by atoms with Gasteiger partial charge in [-0.25, -0.2) is 4.79 Å². The van der Waals surface area contributed by atoms with E-state index in [0.717, 1.165) is 10.0 Å². The Bertz CT molecular complexity index is 581. The highest BCUT2D eigenvalue weighted by atomic mass is 79.9. The quantitative estimate of drug-likeness (QED) is 0.871. The van der Waals surface area contributed by atoms with Gasteiger partial charge in [0.1, 0.15) is 5.82 Å². The summed E-state index contributed by atoms with van der Waals surface area (Å²) in [5, 5.41) is 8.94. The molecule has 94 valence electrons. The van der Waals surface area contributed by atoms with Gasteiger partial charge < -0.3 is 10.8 Å². The number of anilines is 1. The number of carbonyl (C=O) groups excluding carboxylic acids is 1. The molecule has 2 rings (SSSR count). The standard InChI is InChI=1S/C12H11BrN2O3/c1-6-4-7(2-3-9(6)13)15-10(16)5-8(11(15)14)12(17)18/h2-4H,5,14H2,1H3,(H,17,18). The first-order valence-electron chi connectivity index (χ1n) is 5.23. The van der Waals surface area contributed by atoms with Gasteiger partial charge in [0.15, 0.2) is 0 Å². The molecular formula is C12H11BrN2O3. The molecule has 1 heterocycles. The van der Waals surface area contributed by atoms with Crippen molar-refractivity contribution in [2.24, 2.45) is 5.73 Å². The van der Waals surface area contributed by atoms with Crippen LogP contribution in [-0.2, 0) is 9.59 Å². The summed E-state index contributed by atoms with van der Waals surface area (Å²) in [4.78, 5) is 24.0. The lowest BCUT2D eigenvalue weighted by molar-refractivity contribution is -0.133. The van der Waals surface area contributed by atoms with Crippen LogP contribution in [-0.4, -0.2) is 17.0 Å². The van der Waals surface area contributed by atoms with Gasteiger partial charge in [0.05, 0.1) is 17.7 Å². The number of carboxylic acids is 1. The van der Waals surface area contributed by atoms with Crippen LogP contribution < -0.4 is 10.6 Å². The molecule has 0 saturated carbocycles. The number of carboxylic acid groups (broad SMARTS) is 1. The number of benzene rings is 1. The zero-order valence-corrected chi connectivity index (χ0v) is 11.2. The summed E-state index contributed by atoms with van der Waals surface area (Å²) >= 11 is 3.36. The number of carbonyl (C=O) groups is 2. The number of aryl methyl sites for hydroxylation is 1. The molecule has 1 aromatic carbocycles. The number of hydrogen-bond donors (Lipinski definition) is 2. The molecule has 0 bridgehead atoms. The molecule has 0 unspecified atom stereocenters. The zero-order chi connectivity index (χ0) is 13.4. The molecule has 0 aliphatic carbocycles. The number of aliphatic carboxylic acids is 1. The third-order valence-corrected chi connectivity index (χ3v) is 3.68. The Morgan fingerprint density at radius 2 is 2.17 bits per heavy atom. The highest BCUT2D eigenvalue weighted by Gasteiger charge is 2.33. The van der Waals surface area contributed by atoms with Crippen LogP contribution >= 0.6 is 15.9 Å². The Hall–Kier alpha value is -1.82. The van der Waals surface area contributed by atoms with Crippen molar-refractivity contribution in [3.63, 3.8) is 0 Å². The maximum Gasteiger partial charge on any atom is 0.335 e. The average molecular weight is 311 g/mol. The minimum atomic E-state index is -1.16. The smallest absolute Gasteiger partial charge is 0.335 e. The minimum Gasteiger partial charge on any atom is -0.478 e. The van der Waals surface area contributed by atoms with Crippen molar-refractivity contribution in [3.05, 3.63) is 39.6 Å². The lowest BCUT2D eigenvalue weighted by Crippen LogP contribution is -2.28. The molecular weight excluding hydrogens is 300 g/mol. The SMILES string of the molecule is Cc1cc(N2C(=O)CC(C(=O)O)=C2N)ccc1Br. The average Bonchev–Trinajstić information content (AvgIpc) is 2.59. The van der Waals surface area contributed by atoms with Crippen LogP contribution in [0.1, 0.15) is 12.0 Å². The summed E-state index contributed by atoms with van der Waals surface area (Å²) in [6.07, 6.45) is -0.170. The molecule has 0 saturated heterocycles. The molecule has 0 spiro atoms. The number of nitrogens with two attached hydrogens (primary N) is 1. The van der Waals surface area contributed by atoms with Crippen molar-refractivity contribution in [2.45, 2.75) is 13.3 Å². The molecule has 18 heavy (non-hydrogen) atoms. The van der Waals surface area contributed by atoms with Crippen molar-refractivity contribution in [2.75, 3.05) is 4.90 Å². The number of halogens is 1. The van der Waals surface area contributed by atoms with Gasteiger partial charge in [0.2, 0.25) is 5.91 Å². The lowest BCUT2D eigenvalue weighted by atomic mass is 10.2. The van der Waals surface area contributed by atoms with Crippen LogP contribution in [0.5, 0.6) is 0 Å². The van der Waals surface area contributed by atoms with E-state index in [1.807, 2.05) is 6.92 Å². The predicted molar refractivity (Wildman–Crippen MR) is 69.8 cm³/mol. The van der Waals surface area contributed by atoms with E-state index in [-0.39, 0.29) is 23.7 Å². The van der Waals surface area contributed by atoms with Crippen LogP contribution in [0.2, 0.25) is 0 Å². The third-order valence-electron chi connectivity index (χ3n) is 2.79. The van der Waals surface area contributed by atoms with Crippen LogP contribution in [0.15, 0.2) is 34.1 Å². The summed E-state index contributed by atoms with van der Waals surface area (Å²) < 4.78 is 0.916. The summed E-state index contributed by atoms with van der Waals surface area (Å²) in [7, 11) is 0. The second-order valence-corrected chi connectivity index (χ2v) is 4.86. The fraction of sp³-hybridized carbons (Fsp3) is 0.167. The first-order chi connectivity index (χ1) is 8.41. The van der Waals surface area contributed by atoms with Crippen molar-refractivity contribution in [1.29, 1.82) is 0 Å². The fourth-order valence-electron chi connectivity index (χ4n) is 1.83. The van der Waals surface area contributed by atoms with Crippen LogP contribution in [0.4, 0.5) is 5.69 Å². The molecule has 5 nitrogen and oxygen atoms in total. The second-order valence-electron chi connectivity index (χ2n) is 4.01.